The molecule has 0 aromatic heterocycles. The zero-order valence-electron chi connectivity index (χ0n) is 13.9. The van der Waals surface area contributed by atoms with Crippen molar-refractivity contribution in [2.75, 3.05) is 19.1 Å². The molecule has 4 nitrogen and oxygen atoms in total. The minimum Gasteiger partial charge on any atom is -0.497 e. The molecule has 0 radical (unpaired) electrons. The quantitative estimate of drug-likeness (QED) is 0.705. The van der Waals surface area contributed by atoms with E-state index in [1.54, 1.807) is 54.8 Å². The fourth-order valence-electron chi connectivity index (χ4n) is 2.29. The Bertz CT molecular complexity index is 794. The van der Waals surface area contributed by atoms with E-state index < -0.39 is 20.9 Å². The summed E-state index contributed by atoms with van der Waals surface area (Å²) in [5, 5.41) is -1.11. The lowest BCUT2D eigenvalue weighted by molar-refractivity contribution is 0.0992. The molecule has 2 aromatic carbocycles. The van der Waals surface area contributed by atoms with Crippen molar-refractivity contribution in [3.8, 4) is 5.75 Å². The topological polar surface area (TPSA) is 60.4 Å². The Morgan fingerprint density at radius 1 is 1.08 bits per heavy atom. The molecule has 6 heteroatoms. The third-order valence-corrected chi connectivity index (χ3v) is 6.65. The third-order valence-electron chi connectivity index (χ3n) is 3.71. The van der Waals surface area contributed by atoms with Gasteiger partial charge in [0.25, 0.3) is 0 Å². The number of ether oxygens (including phenoxy) is 1. The molecule has 2 aromatic rings. The number of hydrogen-bond acceptors (Lipinski definition) is 5. The smallest absolute Gasteiger partial charge is 0.189 e. The molecule has 0 amide bonds. The van der Waals surface area contributed by atoms with E-state index in [2.05, 4.69) is 0 Å². The van der Waals surface area contributed by atoms with Crippen molar-refractivity contribution in [3.63, 3.8) is 0 Å². The van der Waals surface area contributed by atoms with Gasteiger partial charge in [-0.15, -0.1) is 0 Å². The van der Waals surface area contributed by atoms with E-state index in [9.17, 15) is 13.2 Å². The summed E-state index contributed by atoms with van der Waals surface area (Å²) in [4.78, 5) is 13.0. The van der Waals surface area contributed by atoms with Gasteiger partial charge in [-0.2, -0.15) is 11.8 Å². The molecule has 0 N–H and O–H groups in total. The summed E-state index contributed by atoms with van der Waals surface area (Å²) >= 11 is 1.34. The van der Waals surface area contributed by atoms with Crippen LogP contribution in [0.5, 0.6) is 5.75 Å². The number of sulfone groups is 1. The zero-order valence-corrected chi connectivity index (χ0v) is 15.5. The highest BCUT2D eigenvalue weighted by molar-refractivity contribution is 8.00. The van der Waals surface area contributed by atoms with Crippen LogP contribution >= 0.6 is 11.8 Å². The molecule has 0 heterocycles. The van der Waals surface area contributed by atoms with Crippen LogP contribution in [-0.4, -0.2) is 38.6 Å². The van der Waals surface area contributed by atoms with Crippen LogP contribution in [0.1, 0.15) is 15.9 Å². The highest BCUT2D eigenvalue weighted by Crippen LogP contribution is 2.23. The Morgan fingerprint density at radius 2 is 1.67 bits per heavy atom. The summed E-state index contributed by atoms with van der Waals surface area (Å²) in [5.74, 6) is 0.433. The molecule has 2 rings (SSSR count). The monoisotopic (exact) mass is 364 g/mol. The molecular formula is C18H20O4S2. The first-order valence-corrected chi connectivity index (χ1v) is 10.3. The van der Waals surface area contributed by atoms with Gasteiger partial charge in [-0.1, -0.05) is 17.7 Å². The molecule has 0 aliphatic carbocycles. The van der Waals surface area contributed by atoms with Gasteiger partial charge < -0.3 is 4.74 Å². The van der Waals surface area contributed by atoms with Crippen LogP contribution in [0.4, 0.5) is 0 Å². The SMILES string of the molecule is COc1ccc(C(=O)[C@H](CSC)S(=O)(=O)c2ccc(C)cc2)cc1. The Labute approximate surface area is 147 Å². The largest absolute Gasteiger partial charge is 0.497 e. The van der Waals surface area contributed by atoms with E-state index in [-0.39, 0.29) is 10.6 Å². The van der Waals surface area contributed by atoms with Crippen LogP contribution in [0.2, 0.25) is 0 Å². The summed E-state index contributed by atoms with van der Waals surface area (Å²) in [6.45, 7) is 1.89. The van der Waals surface area contributed by atoms with Gasteiger partial charge in [0.2, 0.25) is 0 Å². The normalized spacial score (nSPS) is 12.6. The lowest BCUT2D eigenvalue weighted by Crippen LogP contribution is -2.33. The number of Topliss-reactive ketones (excluding diaryl/α,β-unsaturated/α-hetero) is 1. The average molecular weight is 364 g/mol. The number of carbonyl (C=O) groups is 1. The van der Waals surface area contributed by atoms with E-state index in [0.717, 1.165) is 5.56 Å². The lowest BCUT2D eigenvalue weighted by Gasteiger charge is -2.16. The Hall–Kier alpha value is -1.79. The van der Waals surface area contributed by atoms with Crippen LogP contribution in [0, 0.1) is 6.92 Å². The number of rotatable bonds is 7. The number of methoxy groups -OCH3 is 1. The first-order valence-electron chi connectivity index (χ1n) is 7.38. The molecule has 0 unspecified atom stereocenters. The summed E-state index contributed by atoms with van der Waals surface area (Å²) in [7, 11) is -2.21. The summed E-state index contributed by atoms with van der Waals surface area (Å²) in [6, 6.07) is 13.1. The number of aryl methyl sites for hydroxylation is 1. The van der Waals surface area contributed by atoms with E-state index in [0.29, 0.717) is 11.3 Å². The van der Waals surface area contributed by atoms with Crippen molar-refractivity contribution in [3.05, 3.63) is 59.7 Å². The van der Waals surface area contributed by atoms with Crippen molar-refractivity contribution in [1.82, 2.24) is 0 Å². The van der Waals surface area contributed by atoms with Crippen LogP contribution in [0.3, 0.4) is 0 Å². The molecular weight excluding hydrogens is 344 g/mol. The van der Waals surface area contributed by atoms with Crippen molar-refractivity contribution >= 4 is 27.4 Å². The number of ketones is 1. The van der Waals surface area contributed by atoms with Crippen LogP contribution < -0.4 is 4.74 Å². The molecule has 0 saturated heterocycles. The van der Waals surface area contributed by atoms with E-state index >= 15 is 0 Å². The van der Waals surface area contributed by atoms with Crippen LogP contribution in [0.15, 0.2) is 53.4 Å². The van der Waals surface area contributed by atoms with Gasteiger partial charge in [0.05, 0.1) is 12.0 Å². The van der Waals surface area contributed by atoms with Crippen LogP contribution in [0.25, 0.3) is 0 Å². The average Bonchev–Trinajstić information content (AvgIpc) is 2.59. The van der Waals surface area contributed by atoms with E-state index in [1.807, 2.05) is 6.92 Å². The second-order valence-electron chi connectivity index (χ2n) is 5.39. The zero-order chi connectivity index (χ0) is 17.7. The van der Waals surface area contributed by atoms with Crippen LogP contribution in [-0.2, 0) is 9.84 Å². The number of hydrogen-bond donors (Lipinski definition) is 0. The lowest BCUT2D eigenvalue weighted by atomic mass is 10.1. The maximum atomic E-state index is 12.9. The summed E-state index contributed by atoms with van der Waals surface area (Å²) < 4.78 is 30.9. The molecule has 0 saturated carbocycles. The maximum absolute atomic E-state index is 12.9. The van der Waals surface area contributed by atoms with E-state index in [1.165, 1.54) is 18.9 Å². The highest BCUT2D eigenvalue weighted by Gasteiger charge is 2.34. The Morgan fingerprint density at radius 3 is 2.17 bits per heavy atom. The highest BCUT2D eigenvalue weighted by atomic mass is 32.2. The predicted octanol–water partition coefficient (Wildman–Crippen LogP) is 3.39. The Kier molecular flexibility index (Phi) is 6.07. The first-order chi connectivity index (χ1) is 11.4. The van der Waals surface area contributed by atoms with E-state index in [4.69, 9.17) is 4.74 Å². The molecule has 0 aliphatic rings. The Balaban J connectivity index is 2.39. The molecule has 24 heavy (non-hydrogen) atoms. The molecule has 1 atom stereocenters. The fraction of sp³-hybridized carbons (Fsp3) is 0.278. The van der Waals surface area contributed by atoms with Crippen molar-refractivity contribution in [2.45, 2.75) is 17.1 Å². The minimum atomic E-state index is -3.74. The second kappa shape index (κ2) is 7.85. The maximum Gasteiger partial charge on any atom is 0.189 e. The van der Waals surface area contributed by atoms with Crippen molar-refractivity contribution in [2.24, 2.45) is 0 Å². The summed E-state index contributed by atoms with van der Waals surface area (Å²) in [6.07, 6.45) is 1.79. The van der Waals surface area contributed by atoms with Gasteiger partial charge in [0, 0.05) is 11.3 Å². The van der Waals surface area contributed by atoms with Crippen molar-refractivity contribution in [1.29, 1.82) is 0 Å². The fourth-order valence-corrected chi connectivity index (χ4v) is 5.13. The second-order valence-corrected chi connectivity index (χ2v) is 8.44. The standard InChI is InChI=1S/C18H20O4S2/c1-13-4-10-16(11-5-13)24(20,21)17(12-23-3)18(19)14-6-8-15(22-2)9-7-14/h4-11,17H,12H2,1-3H3/t17-/m0/s1. The van der Waals surface area contributed by atoms with Crippen molar-refractivity contribution < 1.29 is 17.9 Å². The summed E-state index contributed by atoms with van der Waals surface area (Å²) in [5.41, 5.74) is 1.34. The molecule has 128 valence electrons. The number of benzene rings is 2. The van der Waals surface area contributed by atoms with Gasteiger partial charge in [-0.05, 0) is 49.6 Å². The number of carbonyl (C=O) groups excluding carboxylic acids is 1. The minimum absolute atomic E-state index is 0.175. The predicted molar refractivity (Wildman–Crippen MR) is 97.9 cm³/mol. The molecule has 0 fully saturated rings. The first kappa shape index (κ1) is 18.5. The van der Waals surface area contributed by atoms with Gasteiger partial charge >= 0.3 is 0 Å². The number of thioether (sulfide) groups is 1. The van der Waals surface area contributed by atoms with Gasteiger partial charge in [-0.3, -0.25) is 4.79 Å². The van der Waals surface area contributed by atoms with Gasteiger partial charge in [-0.25, -0.2) is 8.42 Å². The third kappa shape index (κ3) is 3.99. The molecule has 0 spiro atoms. The molecule has 0 bridgehead atoms. The van der Waals surface area contributed by atoms with Gasteiger partial charge in [0.1, 0.15) is 11.0 Å². The van der Waals surface area contributed by atoms with Gasteiger partial charge in [0.15, 0.2) is 15.6 Å². The molecule has 0 aliphatic heterocycles.